The second-order valence-electron chi connectivity index (χ2n) is 4.59. The van der Waals surface area contributed by atoms with Crippen molar-refractivity contribution in [3.8, 4) is 0 Å². The van der Waals surface area contributed by atoms with Crippen LogP contribution in [0.1, 0.15) is 32.4 Å². The Morgan fingerprint density at radius 1 is 1.18 bits per heavy atom. The highest BCUT2D eigenvalue weighted by Crippen LogP contribution is 2.21. The molecule has 1 rings (SSSR count). The molecule has 0 amide bonds. The van der Waals surface area contributed by atoms with Gasteiger partial charge in [0, 0.05) is 16.8 Å². The Balaban J connectivity index is 2.55. The first-order valence-electron chi connectivity index (χ1n) is 6.20. The van der Waals surface area contributed by atoms with E-state index in [1.807, 2.05) is 23.9 Å². The number of nitrogens with one attached hydrogen (secondary N) is 1. The van der Waals surface area contributed by atoms with Crippen LogP contribution in [0.4, 0.5) is 0 Å². The van der Waals surface area contributed by atoms with Gasteiger partial charge in [-0.05, 0) is 35.9 Å². The van der Waals surface area contributed by atoms with Gasteiger partial charge in [0.15, 0.2) is 0 Å². The van der Waals surface area contributed by atoms with Crippen LogP contribution in [0.3, 0.4) is 0 Å². The number of rotatable bonds is 7. The molecule has 0 radical (unpaired) electrons. The first-order chi connectivity index (χ1) is 8.13. The Hall–Kier alpha value is -0.180. The van der Waals surface area contributed by atoms with E-state index in [0.29, 0.717) is 6.04 Å². The monoisotopic (exact) mass is 271 g/mol. The van der Waals surface area contributed by atoms with Crippen LogP contribution >= 0.6 is 23.4 Å². The molecule has 1 aromatic carbocycles. The van der Waals surface area contributed by atoms with E-state index < -0.39 is 0 Å². The van der Waals surface area contributed by atoms with Gasteiger partial charge in [-0.1, -0.05) is 44.5 Å². The summed E-state index contributed by atoms with van der Waals surface area (Å²) in [5.74, 6) is 3.09. The van der Waals surface area contributed by atoms with Gasteiger partial charge in [0.2, 0.25) is 0 Å². The van der Waals surface area contributed by atoms with E-state index in [9.17, 15) is 0 Å². The third-order valence-electron chi connectivity index (χ3n) is 2.46. The molecule has 0 heterocycles. The van der Waals surface area contributed by atoms with Crippen LogP contribution < -0.4 is 5.32 Å². The normalized spacial score (nSPS) is 13.0. The summed E-state index contributed by atoms with van der Waals surface area (Å²) >= 11 is 7.93. The number of benzene rings is 1. The summed E-state index contributed by atoms with van der Waals surface area (Å²) in [5, 5.41) is 4.33. The van der Waals surface area contributed by atoms with Gasteiger partial charge in [-0.15, -0.1) is 0 Å². The molecule has 17 heavy (non-hydrogen) atoms. The maximum absolute atomic E-state index is 5.91. The van der Waals surface area contributed by atoms with E-state index in [0.717, 1.165) is 23.2 Å². The summed E-state index contributed by atoms with van der Waals surface area (Å²) < 4.78 is 0. The van der Waals surface area contributed by atoms with Crippen molar-refractivity contribution in [3.05, 3.63) is 34.9 Å². The van der Waals surface area contributed by atoms with Crippen molar-refractivity contribution in [1.29, 1.82) is 0 Å². The fourth-order valence-electron chi connectivity index (χ4n) is 1.64. The minimum Gasteiger partial charge on any atom is -0.310 e. The maximum Gasteiger partial charge on any atom is 0.0411 e. The van der Waals surface area contributed by atoms with Gasteiger partial charge in [-0.2, -0.15) is 11.8 Å². The second kappa shape index (κ2) is 8.02. The Morgan fingerprint density at radius 2 is 1.82 bits per heavy atom. The molecular weight excluding hydrogens is 250 g/mol. The molecule has 0 aliphatic rings. The largest absolute Gasteiger partial charge is 0.310 e. The molecule has 0 aromatic heterocycles. The van der Waals surface area contributed by atoms with Crippen LogP contribution in [0.5, 0.6) is 0 Å². The Kier molecular flexibility index (Phi) is 7.02. The lowest BCUT2D eigenvalue weighted by Crippen LogP contribution is -2.23. The minimum atomic E-state index is 0.431. The number of hydrogen-bond donors (Lipinski definition) is 1. The number of thioether (sulfide) groups is 1. The highest BCUT2D eigenvalue weighted by Gasteiger charge is 2.10. The summed E-state index contributed by atoms with van der Waals surface area (Å²) in [6.07, 6.45) is 0. The fraction of sp³-hybridized carbons (Fsp3) is 0.571. The van der Waals surface area contributed by atoms with Gasteiger partial charge in [-0.3, -0.25) is 0 Å². The van der Waals surface area contributed by atoms with Gasteiger partial charge >= 0.3 is 0 Å². The molecule has 0 saturated carbocycles. The maximum atomic E-state index is 5.91. The van der Waals surface area contributed by atoms with E-state index in [2.05, 4.69) is 38.2 Å². The first-order valence-corrected chi connectivity index (χ1v) is 7.73. The highest BCUT2D eigenvalue weighted by atomic mass is 35.5. The summed E-state index contributed by atoms with van der Waals surface area (Å²) in [4.78, 5) is 0. The van der Waals surface area contributed by atoms with Crippen molar-refractivity contribution < 1.29 is 0 Å². The third-order valence-corrected chi connectivity index (χ3v) is 4.18. The molecule has 0 bridgehead atoms. The Labute approximate surface area is 114 Å². The van der Waals surface area contributed by atoms with Crippen LogP contribution in [-0.4, -0.2) is 18.1 Å². The minimum absolute atomic E-state index is 0.431. The van der Waals surface area contributed by atoms with Crippen molar-refractivity contribution in [2.45, 2.75) is 26.8 Å². The van der Waals surface area contributed by atoms with Crippen molar-refractivity contribution >= 4 is 23.4 Å². The van der Waals surface area contributed by atoms with Crippen LogP contribution in [0, 0.1) is 5.92 Å². The molecule has 0 aliphatic carbocycles. The van der Waals surface area contributed by atoms with Gasteiger partial charge in [0.05, 0.1) is 0 Å². The summed E-state index contributed by atoms with van der Waals surface area (Å²) in [7, 11) is 0. The van der Waals surface area contributed by atoms with Crippen LogP contribution in [0.2, 0.25) is 5.02 Å². The van der Waals surface area contributed by atoms with Crippen LogP contribution in [-0.2, 0) is 0 Å². The van der Waals surface area contributed by atoms with Gasteiger partial charge in [-0.25, -0.2) is 0 Å². The molecule has 1 atom stereocenters. The average Bonchev–Trinajstić information content (AvgIpc) is 2.29. The summed E-state index contributed by atoms with van der Waals surface area (Å²) in [6.45, 7) is 7.67. The quantitative estimate of drug-likeness (QED) is 0.790. The van der Waals surface area contributed by atoms with Gasteiger partial charge in [0.1, 0.15) is 0 Å². The lowest BCUT2D eigenvalue weighted by atomic mass is 10.1. The van der Waals surface area contributed by atoms with E-state index in [-0.39, 0.29) is 0 Å². The lowest BCUT2D eigenvalue weighted by Gasteiger charge is -2.18. The standard InChI is InChI=1S/C14H22ClNS/c1-4-16-14(10-17-9-11(2)3)12-5-7-13(15)8-6-12/h5-8,11,14,16H,4,9-10H2,1-3H3. The topological polar surface area (TPSA) is 12.0 Å². The van der Waals surface area contributed by atoms with E-state index in [1.165, 1.54) is 11.3 Å². The molecule has 1 aromatic rings. The zero-order chi connectivity index (χ0) is 12.7. The lowest BCUT2D eigenvalue weighted by molar-refractivity contribution is 0.605. The van der Waals surface area contributed by atoms with Crippen molar-refractivity contribution in [3.63, 3.8) is 0 Å². The highest BCUT2D eigenvalue weighted by molar-refractivity contribution is 7.99. The molecule has 0 saturated heterocycles. The van der Waals surface area contributed by atoms with E-state index in [4.69, 9.17) is 11.6 Å². The van der Waals surface area contributed by atoms with Crippen LogP contribution in [0.25, 0.3) is 0 Å². The SMILES string of the molecule is CCNC(CSCC(C)C)c1ccc(Cl)cc1. The molecule has 96 valence electrons. The molecule has 0 fully saturated rings. The predicted octanol–water partition coefficient (Wildman–Crippen LogP) is 4.38. The van der Waals surface area contributed by atoms with E-state index in [1.54, 1.807) is 0 Å². The zero-order valence-electron chi connectivity index (χ0n) is 10.9. The van der Waals surface area contributed by atoms with Gasteiger partial charge in [0.25, 0.3) is 0 Å². The molecule has 3 heteroatoms. The van der Waals surface area contributed by atoms with Crippen molar-refractivity contribution in [1.82, 2.24) is 5.32 Å². The second-order valence-corrected chi connectivity index (χ2v) is 6.10. The van der Waals surface area contributed by atoms with Gasteiger partial charge < -0.3 is 5.32 Å². The third kappa shape index (κ3) is 5.80. The molecule has 0 aliphatic heterocycles. The smallest absolute Gasteiger partial charge is 0.0411 e. The van der Waals surface area contributed by atoms with E-state index >= 15 is 0 Å². The van der Waals surface area contributed by atoms with Crippen LogP contribution in [0.15, 0.2) is 24.3 Å². The molecule has 1 unspecified atom stereocenters. The Bertz CT molecular complexity index is 311. The molecular formula is C14H22ClNS. The first kappa shape index (κ1) is 14.9. The number of halogens is 1. The molecule has 1 N–H and O–H groups in total. The average molecular weight is 272 g/mol. The molecule has 1 nitrogen and oxygen atoms in total. The summed E-state index contributed by atoms with van der Waals surface area (Å²) in [6, 6.07) is 8.60. The number of hydrogen-bond acceptors (Lipinski definition) is 2. The van der Waals surface area contributed by atoms with Crippen molar-refractivity contribution in [2.24, 2.45) is 5.92 Å². The Morgan fingerprint density at radius 3 is 2.35 bits per heavy atom. The van der Waals surface area contributed by atoms with Crippen molar-refractivity contribution in [2.75, 3.05) is 18.1 Å². The fourth-order valence-corrected chi connectivity index (χ4v) is 2.92. The summed E-state index contributed by atoms with van der Waals surface area (Å²) in [5.41, 5.74) is 1.33. The molecule has 0 spiro atoms. The zero-order valence-corrected chi connectivity index (χ0v) is 12.4. The predicted molar refractivity (Wildman–Crippen MR) is 80.0 cm³/mol.